The molecule has 8 heteroatoms. The topological polar surface area (TPSA) is 69.1 Å². The summed E-state index contributed by atoms with van der Waals surface area (Å²) in [6, 6.07) is 0.396. The van der Waals surface area contributed by atoms with Crippen LogP contribution in [0.25, 0.3) is 0 Å². The highest BCUT2D eigenvalue weighted by atomic mass is 16.5. The first-order valence-corrected chi connectivity index (χ1v) is 10.1. The maximum absolute atomic E-state index is 5.41. The zero-order valence-corrected chi connectivity index (χ0v) is 17.2. The number of ether oxygens (including phenoxy) is 1. The Morgan fingerprint density at radius 1 is 1.28 bits per heavy atom. The minimum absolute atomic E-state index is 0.396. The maximum atomic E-state index is 5.41. The number of likely N-dealkylation sites (tertiary alicyclic amines) is 1. The smallest absolute Gasteiger partial charge is 0.147 e. The summed E-state index contributed by atoms with van der Waals surface area (Å²) in [5, 5.41) is 3.12. The maximum Gasteiger partial charge on any atom is 0.147 e. The van der Waals surface area contributed by atoms with Crippen molar-refractivity contribution in [1.29, 1.82) is 0 Å². The van der Waals surface area contributed by atoms with Crippen molar-refractivity contribution in [2.45, 2.75) is 19.4 Å². The molecule has 0 saturated carbocycles. The number of likely N-dealkylation sites (N-methyl/N-ethyl adjacent to an activating group) is 1. The van der Waals surface area contributed by atoms with Crippen LogP contribution in [-0.4, -0.2) is 73.2 Å². The predicted molar refractivity (Wildman–Crippen MR) is 116 cm³/mol. The third kappa shape index (κ3) is 4.12. The van der Waals surface area contributed by atoms with E-state index in [-0.39, 0.29) is 0 Å². The number of amidine groups is 1. The van der Waals surface area contributed by atoms with Crippen LogP contribution in [0.3, 0.4) is 0 Å². The first-order valence-electron chi connectivity index (χ1n) is 10.1. The Bertz CT molecular complexity index is 824. The van der Waals surface area contributed by atoms with Crippen LogP contribution in [0.5, 0.6) is 0 Å². The van der Waals surface area contributed by atoms with Gasteiger partial charge in [0.15, 0.2) is 0 Å². The molecule has 3 aliphatic heterocycles. The van der Waals surface area contributed by atoms with Gasteiger partial charge < -0.3 is 24.8 Å². The second kappa shape index (κ2) is 8.65. The van der Waals surface area contributed by atoms with Crippen LogP contribution in [0.2, 0.25) is 0 Å². The molecule has 0 amide bonds. The highest BCUT2D eigenvalue weighted by molar-refractivity contribution is 6.04. The summed E-state index contributed by atoms with van der Waals surface area (Å²) in [4.78, 5) is 20.6. The molecule has 8 nitrogen and oxygen atoms in total. The molecule has 1 atom stereocenters. The van der Waals surface area contributed by atoms with E-state index in [0.717, 1.165) is 68.9 Å². The van der Waals surface area contributed by atoms with Crippen molar-refractivity contribution in [2.75, 3.05) is 56.2 Å². The lowest BCUT2D eigenvalue weighted by molar-refractivity contribution is 0.122. The molecule has 2 fully saturated rings. The highest BCUT2D eigenvalue weighted by Gasteiger charge is 2.28. The van der Waals surface area contributed by atoms with Crippen molar-refractivity contribution < 1.29 is 4.74 Å². The molecule has 0 aliphatic carbocycles. The van der Waals surface area contributed by atoms with Gasteiger partial charge in [0.05, 0.1) is 25.6 Å². The number of rotatable bonds is 5. The standard InChI is InChI=1S/C21H29N7O/c1-4-22-21-18(5-7-23-21)16(2)28-8-6-17(15-28)26(3)19-13-25-20(14-24-19)27-9-11-29-12-10-27/h4-5,7,13-14,17H,1,6,8-12,15H2,2-3H3,(H,22,23)/b18-16+/t17-/m1/s1. The van der Waals surface area contributed by atoms with Gasteiger partial charge in [-0.25, -0.2) is 15.0 Å². The van der Waals surface area contributed by atoms with Crippen molar-refractivity contribution in [3.05, 3.63) is 48.7 Å². The molecule has 0 radical (unpaired) electrons. The van der Waals surface area contributed by atoms with E-state index in [1.54, 1.807) is 6.20 Å². The second-order valence-electron chi connectivity index (χ2n) is 7.47. The van der Waals surface area contributed by atoms with Gasteiger partial charge in [0.1, 0.15) is 17.5 Å². The zero-order valence-electron chi connectivity index (χ0n) is 17.2. The van der Waals surface area contributed by atoms with Gasteiger partial charge >= 0.3 is 0 Å². The van der Waals surface area contributed by atoms with Gasteiger partial charge in [-0.05, 0) is 25.6 Å². The summed E-state index contributed by atoms with van der Waals surface area (Å²) in [6.07, 6.45) is 10.4. The van der Waals surface area contributed by atoms with Crippen molar-refractivity contribution in [1.82, 2.24) is 20.2 Å². The molecule has 3 aliphatic rings. The minimum atomic E-state index is 0.396. The molecule has 0 unspecified atom stereocenters. The van der Waals surface area contributed by atoms with E-state index in [1.165, 1.54) is 5.70 Å². The van der Waals surface area contributed by atoms with Gasteiger partial charge in [0.2, 0.25) is 0 Å². The number of anilines is 2. The molecular formula is C21H29N7O. The van der Waals surface area contributed by atoms with Gasteiger partial charge in [0.25, 0.3) is 0 Å². The normalized spacial score (nSPS) is 23.2. The lowest BCUT2D eigenvalue weighted by atomic mass is 10.2. The summed E-state index contributed by atoms with van der Waals surface area (Å²) in [6.45, 7) is 11.1. The molecule has 2 saturated heterocycles. The lowest BCUT2D eigenvalue weighted by Crippen LogP contribution is -2.37. The van der Waals surface area contributed by atoms with Crippen LogP contribution in [0, 0.1) is 0 Å². The monoisotopic (exact) mass is 395 g/mol. The molecule has 0 spiro atoms. The molecular weight excluding hydrogens is 366 g/mol. The van der Waals surface area contributed by atoms with E-state index >= 15 is 0 Å². The van der Waals surface area contributed by atoms with Gasteiger partial charge in [-0.15, -0.1) is 0 Å². The Labute approximate surface area is 172 Å². The Kier molecular flexibility index (Phi) is 5.80. The SMILES string of the molecule is C=CNC1=NC=C/C1=C(/C)N1CC[C@@H](N(C)c2cnc(N3CCOCC3)cn2)C1. The molecule has 29 heavy (non-hydrogen) atoms. The summed E-state index contributed by atoms with van der Waals surface area (Å²) >= 11 is 0. The molecule has 154 valence electrons. The van der Waals surface area contributed by atoms with E-state index in [4.69, 9.17) is 4.74 Å². The molecule has 1 aromatic heterocycles. The number of allylic oxidation sites excluding steroid dienone is 1. The Morgan fingerprint density at radius 2 is 2.10 bits per heavy atom. The molecule has 1 aromatic rings. The summed E-state index contributed by atoms with van der Waals surface area (Å²) in [5.74, 6) is 2.70. The fourth-order valence-corrected chi connectivity index (χ4v) is 4.01. The van der Waals surface area contributed by atoms with Gasteiger partial charge in [-0.1, -0.05) is 6.58 Å². The Hall–Kier alpha value is -2.87. The van der Waals surface area contributed by atoms with Crippen LogP contribution >= 0.6 is 0 Å². The summed E-state index contributed by atoms with van der Waals surface area (Å²) in [5.41, 5.74) is 2.36. The van der Waals surface area contributed by atoms with Gasteiger partial charge in [-0.3, -0.25) is 0 Å². The van der Waals surface area contributed by atoms with E-state index in [9.17, 15) is 0 Å². The fraction of sp³-hybridized carbons (Fsp3) is 0.476. The van der Waals surface area contributed by atoms with Gasteiger partial charge in [-0.2, -0.15) is 0 Å². The summed E-state index contributed by atoms with van der Waals surface area (Å²) < 4.78 is 5.41. The Morgan fingerprint density at radius 3 is 2.83 bits per heavy atom. The first kappa shape index (κ1) is 19.4. The average Bonchev–Trinajstić information content (AvgIpc) is 3.44. The van der Waals surface area contributed by atoms with E-state index in [1.807, 2.05) is 24.7 Å². The third-order valence-corrected chi connectivity index (χ3v) is 5.83. The number of nitrogens with zero attached hydrogens (tertiary/aromatic N) is 6. The largest absolute Gasteiger partial charge is 0.378 e. The molecule has 0 bridgehead atoms. The minimum Gasteiger partial charge on any atom is -0.378 e. The highest BCUT2D eigenvalue weighted by Crippen LogP contribution is 2.25. The van der Waals surface area contributed by atoms with Crippen LogP contribution in [0.15, 0.2) is 53.7 Å². The quantitative estimate of drug-likeness (QED) is 0.815. The van der Waals surface area contributed by atoms with E-state index in [2.05, 4.69) is 55.5 Å². The van der Waals surface area contributed by atoms with Crippen LogP contribution in [0.4, 0.5) is 11.6 Å². The van der Waals surface area contributed by atoms with E-state index < -0.39 is 0 Å². The summed E-state index contributed by atoms with van der Waals surface area (Å²) in [7, 11) is 2.11. The molecule has 4 heterocycles. The number of hydrogen-bond acceptors (Lipinski definition) is 8. The van der Waals surface area contributed by atoms with Crippen molar-refractivity contribution in [2.24, 2.45) is 4.99 Å². The number of aromatic nitrogens is 2. The zero-order chi connectivity index (χ0) is 20.2. The molecule has 4 rings (SSSR count). The molecule has 0 aromatic carbocycles. The lowest BCUT2D eigenvalue weighted by Gasteiger charge is -2.29. The van der Waals surface area contributed by atoms with Crippen molar-refractivity contribution in [3.63, 3.8) is 0 Å². The van der Waals surface area contributed by atoms with Gasteiger partial charge in [0, 0.05) is 56.7 Å². The van der Waals surface area contributed by atoms with Crippen molar-refractivity contribution in [3.8, 4) is 0 Å². The van der Waals surface area contributed by atoms with Crippen LogP contribution in [-0.2, 0) is 4.74 Å². The number of aliphatic imine (C=N–C) groups is 1. The van der Waals surface area contributed by atoms with Crippen molar-refractivity contribution >= 4 is 17.5 Å². The molecule has 1 N–H and O–H groups in total. The van der Waals surface area contributed by atoms with Crippen LogP contribution in [0.1, 0.15) is 13.3 Å². The number of hydrogen-bond donors (Lipinski definition) is 1. The van der Waals surface area contributed by atoms with E-state index in [0.29, 0.717) is 6.04 Å². The number of morpholine rings is 1. The predicted octanol–water partition coefficient (Wildman–Crippen LogP) is 1.76. The number of nitrogens with one attached hydrogen (secondary N) is 1. The van der Waals surface area contributed by atoms with Crippen LogP contribution < -0.4 is 15.1 Å². The second-order valence-corrected chi connectivity index (χ2v) is 7.47. The average molecular weight is 396 g/mol. The Balaban J connectivity index is 1.40. The first-order chi connectivity index (χ1) is 14.2. The third-order valence-electron chi connectivity index (χ3n) is 5.83. The fourth-order valence-electron chi connectivity index (χ4n) is 4.01.